The Hall–Kier alpha value is -3.00. The number of halogens is 3. The number of aromatic nitrogens is 1. The van der Waals surface area contributed by atoms with Crippen molar-refractivity contribution in [3.8, 4) is 17.2 Å². The number of carbonyl (C=O) groups is 1. The van der Waals surface area contributed by atoms with Crippen molar-refractivity contribution in [3.05, 3.63) is 76.5 Å². The van der Waals surface area contributed by atoms with Crippen LogP contribution in [0.25, 0.3) is 0 Å². The van der Waals surface area contributed by atoms with Crippen molar-refractivity contribution in [2.24, 2.45) is 0 Å². The van der Waals surface area contributed by atoms with Gasteiger partial charge >= 0.3 is 0 Å². The third-order valence-electron chi connectivity index (χ3n) is 3.71. The molecule has 1 heterocycles. The molecule has 0 aliphatic carbocycles. The second kappa shape index (κ2) is 8.79. The molecule has 0 aliphatic heterocycles. The van der Waals surface area contributed by atoms with Crippen LogP contribution < -0.4 is 14.8 Å². The number of benzene rings is 2. The van der Waals surface area contributed by atoms with Gasteiger partial charge in [-0.3, -0.25) is 9.78 Å². The van der Waals surface area contributed by atoms with Gasteiger partial charge in [0.15, 0.2) is 17.4 Å². The molecule has 5 nitrogen and oxygen atoms in total. The highest BCUT2D eigenvalue weighted by molar-refractivity contribution is 9.10. The molecule has 0 fully saturated rings. The van der Waals surface area contributed by atoms with E-state index in [1.165, 1.54) is 19.2 Å². The Morgan fingerprint density at radius 2 is 1.93 bits per heavy atom. The summed E-state index contributed by atoms with van der Waals surface area (Å²) in [6.45, 7) is 0. The van der Waals surface area contributed by atoms with Crippen LogP contribution in [0.15, 0.2) is 59.3 Å². The monoisotopic (exact) mass is 448 g/mol. The van der Waals surface area contributed by atoms with Gasteiger partial charge in [0.05, 0.1) is 18.0 Å². The standard InChI is InChI=1S/C20H15BrF2N2O3/c1-27-18-5-4-14(10-15(18)21)28-20-16(22)8-13(9-17(20)23)25-19(26)7-12-3-2-6-24-11-12/h2-6,8-11H,7H2,1H3,(H,25,26). The molecule has 0 bridgehead atoms. The molecule has 3 rings (SSSR count). The number of pyridine rings is 1. The van der Waals surface area contributed by atoms with E-state index in [-0.39, 0.29) is 17.9 Å². The van der Waals surface area contributed by atoms with Crippen LogP contribution >= 0.6 is 15.9 Å². The van der Waals surface area contributed by atoms with Gasteiger partial charge in [0.25, 0.3) is 0 Å². The van der Waals surface area contributed by atoms with E-state index in [9.17, 15) is 13.6 Å². The Kier molecular flexibility index (Phi) is 6.20. The van der Waals surface area contributed by atoms with E-state index in [4.69, 9.17) is 9.47 Å². The number of nitrogens with one attached hydrogen (secondary N) is 1. The van der Waals surface area contributed by atoms with Crippen molar-refractivity contribution < 1.29 is 23.0 Å². The van der Waals surface area contributed by atoms with Gasteiger partial charge in [-0.05, 0) is 45.8 Å². The molecule has 3 aromatic rings. The normalized spacial score (nSPS) is 10.4. The molecular weight excluding hydrogens is 434 g/mol. The highest BCUT2D eigenvalue weighted by Gasteiger charge is 2.16. The molecule has 1 aromatic heterocycles. The average Bonchev–Trinajstić information content (AvgIpc) is 2.65. The molecule has 1 amide bonds. The average molecular weight is 449 g/mol. The Morgan fingerprint density at radius 3 is 2.54 bits per heavy atom. The van der Waals surface area contributed by atoms with Crippen molar-refractivity contribution >= 4 is 27.5 Å². The maximum absolute atomic E-state index is 14.4. The highest BCUT2D eigenvalue weighted by atomic mass is 79.9. The predicted octanol–water partition coefficient (Wildman–Crippen LogP) is 5.10. The first kappa shape index (κ1) is 19.8. The number of anilines is 1. The zero-order valence-corrected chi connectivity index (χ0v) is 16.3. The van der Waals surface area contributed by atoms with Crippen molar-refractivity contribution in [1.29, 1.82) is 0 Å². The van der Waals surface area contributed by atoms with Gasteiger partial charge in [0.2, 0.25) is 5.91 Å². The van der Waals surface area contributed by atoms with Crippen LogP contribution in [0.3, 0.4) is 0 Å². The zero-order valence-electron chi connectivity index (χ0n) is 14.7. The molecule has 2 aromatic carbocycles. The minimum atomic E-state index is -0.941. The van der Waals surface area contributed by atoms with Crippen molar-refractivity contribution in [2.45, 2.75) is 6.42 Å². The summed E-state index contributed by atoms with van der Waals surface area (Å²) in [7, 11) is 1.50. The minimum Gasteiger partial charge on any atom is -0.496 e. The fraction of sp³-hybridized carbons (Fsp3) is 0.100. The summed E-state index contributed by atoms with van der Waals surface area (Å²) >= 11 is 3.28. The first-order valence-corrected chi connectivity index (χ1v) is 8.94. The fourth-order valence-electron chi connectivity index (χ4n) is 2.45. The summed E-state index contributed by atoms with van der Waals surface area (Å²) in [6, 6.07) is 10.1. The Labute approximate surface area is 168 Å². The van der Waals surface area contributed by atoms with E-state index < -0.39 is 23.3 Å². The quantitative estimate of drug-likeness (QED) is 0.569. The van der Waals surface area contributed by atoms with Crippen LogP contribution in [0.1, 0.15) is 5.56 Å². The van der Waals surface area contributed by atoms with Crippen LogP contribution in [0.5, 0.6) is 17.2 Å². The van der Waals surface area contributed by atoms with Crippen LogP contribution in [0, 0.1) is 11.6 Å². The smallest absolute Gasteiger partial charge is 0.228 e. The van der Waals surface area contributed by atoms with E-state index in [1.807, 2.05) is 0 Å². The van der Waals surface area contributed by atoms with Gasteiger partial charge in [-0.15, -0.1) is 0 Å². The molecule has 144 valence electrons. The Morgan fingerprint density at radius 1 is 1.18 bits per heavy atom. The molecule has 28 heavy (non-hydrogen) atoms. The lowest BCUT2D eigenvalue weighted by atomic mass is 10.2. The predicted molar refractivity (Wildman–Crippen MR) is 104 cm³/mol. The first-order chi connectivity index (χ1) is 13.5. The highest BCUT2D eigenvalue weighted by Crippen LogP contribution is 2.34. The summed E-state index contributed by atoms with van der Waals surface area (Å²) in [5.74, 6) is -2.09. The van der Waals surface area contributed by atoms with Gasteiger partial charge in [-0.25, -0.2) is 8.78 Å². The summed E-state index contributed by atoms with van der Waals surface area (Å²) in [4.78, 5) is 16.0. The maximum Gasteiger partial charge on any atom is 0.228 e. The Balaban J connectivity index is 1.73. The van der Waals surface area contributed by atoms with E-state index in [1.54, 1.807) is 30.6 Å². The number of rotatable bonds is 6. The number of hydrogen-bond donors (Lipinski definition) is 1. The molecule has 1 N–H and O–H groups in total. The van der Waals surface area contributed by atoms with E-state index >= 15 is 0 Å². The van der Waals surface area contributed by atoms with Crippen molar-refractivity contribution in [1.82, 2.24) is 4.98 Å². The summed E-state index contributed by atoms with van der Waals surface area (Å²) < 4.78 is 39.7. The Bertz CT molecular complexity index is 977. The second-order valence-electron chi connectivity index (χ2n) is 5.75. The first-order valence-electron chi connectivity index (χ1n) is 8.15. The van der Waals surface area contributed by atoms with E-state index in [0.29, 0.717) is 15.8 Å². The van der Waals surface area contributed by atoms with E-state index in [0.717, 1.165) is 12.1 Å². The molecule has 0 unspecified atom stereocenters. The molecule has 0 aliphatic rings. The van der Waals surface area contributed by atoms with Gasteiger partial charge in [0, 0.05) is 30.2 Å². The number of methoxy groups -OCH3 is 1. The van der Waals surface area contributed by atoms with Gasteiger partial charge < -0.3 is 14.8 Å². The van der Waals surface area contributed by atoms with Gasteiger partial charge in [-0.2, -0.15) is 0 Å². The fourth-order valence-corrected chi connectivity index (χ4v) is 2.97. The number of amides is 1. The lowest BCUT2D eigenvalue weighted by Gasteiger charge is -2.12. The molecule has 0 radical (unpaired) electrons. The largest absolute Gasteiger partial charge is 0.496 e. The zero-order chi connectivity index (χ0) is 20.1. The van der Waals surface area contributed by atoms with Gasteiger partial charge in [-0.1, -0.05) is 6.07 Å². The molecule has 0 atom stereocenters. The molecule has 0 saturated carbocycles. The van der Waals surface area contributed by atoms with Crippen molar-refractivity contribution in [3.63, 3.8) is 0 Å². The lowest BCUT2D eigenvalue weighted by molar-refractivity contribution is -0.115. The lowest BCUT2D eigenvalue weighted by Crippen LogP contribution is -2.15. The van der Waals surface area contributed by atoms with Crippen LogP contribution in [-0.2, 0) is 11.2 Å². The molecule has 0 saturated heterocycles. The van der Waals surface area contributed by atoms with Crippen LogP contribution in [-0.4, -0.2) is 18.0 Å². The minimum absolute atomic E-state index is 0.00727. The molecule has 8 heteroatoms. The van der Waals surface area contributed by atoms with E-state index in [2.05, 4.69) is 26.2 Å². The third-order valence-corrected chi connectivity index (χ3v) is 4.33. The van der Waals surface area contributed by atoms with Crippen LogP contribution in [0.4, 0.5) is 14.5 Å². The topological polar surface area (TPSA) is 60.5 Å². The third kappa shape index (κ3) is 4.83. The summed E-state index contributed by atoms with van der Waals surface area (Å²) in [5.41, 5.74) is 0.679. The number of nitrogens with zero attached hydrogens (tertiary/aromatic N) is 1. The maximum atomic E-state index is 14.4. The van der Waals surface area contributed by atoms with Crippen LogP contribution in [0.2, 0.25) is 0 Å². The second-order valence-corrected chi connectivity index (χ2v) is 6.61. The van der Waals surface area contributed by atoms with Gasteiger partial charge in [0.1, 0.15) is 11.5 Å². The number of ether oxygens (including phenoxy) is 2. The van der Waals surface area contributed by atoms with Crippen molar-refractivity contribution in [2.75, 3.05) is 12.4 Å². The SMILES string of the molecule is COc1ccc(Oc2c(F)cc(NC(=O)Cc3cccnc3)cc2F)cc1Br. The molecule has 0 spiro atoms. The number of hydrogen-bond acceptors (Lipinski definition) is 4. The summed E-state index contributed by atoms with van der Waals surface area (Å²) in [5, 5.41) is 2.46. The summed E-state index contributed by atoms with van der Waals surface area (Å²) in [6.07, 6.45) is 3.17. The molecular formula is C20H15BrF2N2O3. The number of carbonyl (C=O) groups excluding carboxylic acids is 1.